The van der Waals surface area contributed by atoms with Gasteiger partial charge in [-0.05, 0) is 0 Å². The maximum Gasteiger partial charge on any atom is 0.695 e. The number of aliphatic hydroxyl groups is 1. The Hall–Kier alpha value is -1.75. The van der Waals surface area contributed by atoms with Crippen LogP contribution in [0.1, 0.15) is 6.23 Å². The number of ether oxygens (including phenoxy) is 2. The molecule has 0 bridgehead atoms. The number of anilines is 1. The molecule has 3 unspecified atom stereocenters. The summed E-state index contributed by atoms with van der Waals surface area (Å²) in [6.07, 6.45) is -0.330. The van der Waals surface area contributed by atoms with E-state index in [2.05, 4.69) is 20.3 Å². The minimum Gasteiger partial charge on any atom is -0.394 e. The minimum atomic E-state index is -2.88. The molecular weight excluding hydrogens is 341 g/mol. The molecule has 1 saturated heterocycles. The van der Waals surface area contributed by atoms with Gasteiger partial charge in [-0.15, -0.1) is 9.42 Å². The van der Waals surface area contributed by atoms with Gasteiger partial charge in [0.25, 0.3) is 0 Å². The van der Waals surface area contributed by atoms with Crippen LogP contribution in [0, 0.1) is 0 Å². The summed E-state index contributed by atoms with van der Waals surface area (Å²) < 4.78 is 28.8. The predicted molar refractivity (Wildman–Crippen MR) is 81.4 cm³/mol. The van der Waals surface area contributed by atoms with Crippen molar-refractivity contribution in [3.8, 4) is 0 Å². The van der Waals surface area contributed by atoms with E-state index in [1.54, 1.807) is 11.6 Å². The van der Waals surface area contributed by atoms with E-state index in [4.69, 9.17) is 18.9 Å². The number of aromatic nitrogens is 4. The lowest BCUT2D eigenvalue weighted by Gasteiger charge is -2.19. The highest BCUT2D eigenvalue weighted by Gasteiger charge is 2.51. The van der Waals surface area contributed by atoms with Gasteiger partial charge in [0.05, 0.1) is 12.9 Å². The number of nitrogens with one attached hydrogen (secondary N) is 1. The van der Waals surface area contributed by atoms with Crippen molar-refractivity contribution in [2.24, 2.45) is 0 Å². The molecule has 11 nitrogen and oxygen atoms in total. The molecule has 0 spiro atoms. The standard InChI is InChI=1S/C12H16N5O6P/c1-13-10-7-11(15-4-14-10)17(5-16-7)12-9(21-2)8(23-24(19)20)6(3-18)22-12/h4-6,8-9,12,18H,3H2,1-2H3,(H-,13,14,15,19,20)/p+1/t6-,8?,9?,12-/m1/s1. The van der Waals surface area contributed by atoms with E-state index >= 15 is 0 Å². The maximum atomic E-state index is 11.1. The number of imidazole rings is 1. The summed E-state index contributed by atoms with van der Waals surface area (Å²) in [6.45, 7) is -0.395. The average molecular weight is 358 g/mol. The summed E-state index contributed by atoms with van der Waals surface area (Å²) >= 11 is 0. The molecule has 2 aromatic rings. The van der Waals surface area contributed by atoms with E-state index in [-0.39, 0.29) is 0 Å². The van der Waals surface area contributed by atoms with E-state index in [1.807, 2.05) is 0 Å². The van der Waals surface area contributed by atoms with Crippen LogP contribution in [0.2, 0.25) is 0 Å². The Labute approximate surface area is 137 Å². The number of rotatable bonds is 6. The molecule has 1 fully saturated rings. The van der Waals surface area contributed by atoms with Gasteiger partial charge in [-0.3, -0.25) is 4.57 Å². The first-order valence-corrected chi connectivity index (χ1v) is 8.21. The molecule has 0 aromatic carbocycles. The molecule has 3 rings (SSSR count). The van der Waals surface area contributed by atoms with E-state index < -0.39 is 39.4 Å². The van der Waals surface area contributed by atoms with Crippen molar-refractivity contribution < 1.29 is 28.6 Å². The largest absolute Gasteiger partial charge is 0.695 e. The van der Waals surface area contributed by atoms with Gasteiger partial charge in [0, 0.05) is 18.7 Å². The minimum absolute atomic E-state index is 0.395. The van der Waals surface area contributed by atoms with E-state index in [1.165, 1.54) is 19.8 Å². The van der Waals surface area contributed by atoms with Gasteiger partial charge in [0.15, 0.2) is 23.8 Å². The Balaban J connectivity index is 2.01. The summed E-state index contributed by atoms with van der Waals surface area (Å²) in [6, 6.07) is 0. The van der Waals surface area contributed by atoms with Crippen LogP contribution in [0.4, 0.5) is 5.82 Å². The number of fused-ring (bicyclic) bond motifs is 1. The molecule has 0 aliphatic carbocycles. The molecule has 12 heteroatoms. The molecule has 2 aromatic heterocycles. The molecule has 1 aliphatic heterocycles. The normalized spacial score (nSPS) is 27.6. The van der Waals surface area contributed by atoms with Crippen molar-refractivity contribution in [2.45, 2.75) is 24.5 Å². The highest BCUT2D eigenvalue weighted by molar-refractivity contribution is 7.32. The van der Waals surface area contributed by atoms with Crippen molar-refractivity contribution in [1.82, 2.24) is 19.5 Å². The number of methoxy groups -OCH3 is 1. The fourth-order valence-corrected chi connectivity index (χ4v) is 3.25. The lowest BCUT2D eigenvalue weighted by Crippen LogP contribution is -2.35. The van der Waals surface area contributed by atoms with Crippen LogP contribution in [0.15, 0.2) is 12.7 Å². The second-order valence-electron chi connectivity index (χ2n) is 5.05. The lowest BCUT2D eigenvalue weighted by molar-refractivity contribution is -0.0583. The molecule has 0 saturated carbocycles. The van der Waals surface area contributed by atoms with Gasteiger partial charge in [-0.1, -0.05) is 0 Å². The van der Waals surface area contributed by atoms with Gasteiger partial charge in [-0.25, -0.2) is 15.0 Å². The van der Waals surface area contributed by atoms with Gasteiger partial charge in [-0.2, -0.15) is 0 Å². The van der Waals surface area contributed by atoms with E-state index in [0.29, 0.717) is 17.0 Å². The number of aliphatic hydroxyl groups excluding tert-OH is 1. The van der Waals surface area contributed by atoms with Crippen LogP contribution in [0.5, 0.6) is 0 Å². The van der Waals surface area contributed by atoms with Gasteiger partial charge < -0.3 is 19.9 Å². The molecular formula is C12H17N5O6P+. The van der Waals surface area contributed by atoms with Crippen LogP contribution < -0.4 is 5.32 Å². The monoisotopic (exact) mass is 358 g/mol. The first-order valence-electron chi connectivity index (χ1n) is 7.08. The highest BCUT2D eigenvalue weighted by Crippen LogP contribution is 2.38. The first kappa shape index (κ1) is 17.1. The quantitative estimate of drug-likeness (QED) is 0.595. The Bertz CT molecular complexity index is 742. The summed E-state index contributed by atoms with van der Waals surface area (Å²) in [7, 11) is 0.265. The first-order chi connectivity index (χ1) is 11.6. The Morgan fingerprint density at radius 2 is 2.21 bits per heavy atom. The maximum absolute atomic E-state index is 11.1. The molecule has 130 valence electrons. The number of hydrogen-bond acceptors (Lipinski definition) is 9. The summed E-state index contributed by atoms with van der Waals surface area (Å²) in [5.41, 5.74) is 1.03. The Kier molecular flexibility index (Phi) is 4.99. The molecule has 1 aliphatic rings. The number of hydrogen-bond donors (Lipinski definition) is 3. The van der Waals surface area contributed by atoms with Crippen molar-refractivity contribution in [3.05, 3.63) is 12.7 Å². The van der Waals surface area contributed by atoms with Crippen molar-refractivity contribution in [1.29, 1.82) is 0 Å². The van der Waals surface area contributed by atoms with Gasteiger partial charge in [0.1, 0.15) is 24.1 Å². The topological polar surface area (TPSA) is 141 Å². The highest BCUT2D eigenvalue weighted by atomic mass is 31.1. The second-order valence-corrected chi connectivity index (χ2v) is 5.74. The zero-order chi connectivity index (χ0) is 17.3. The second kappa shape index (κ2) is 7.01. The molecule has 3 heterocycles. The molecule has 5 atom stereocenters. The Morgan fingerprint density at radius 1 is 1.42 bits per heavy atom. The van der Waals surface area contributed by atoms with Crippen LogP contribution in [0.25, 0.3) is 11.2 Å². The van der Waals surface area contributed by atoms with Crippen LogP contribution >= 0.6 is 8.25 Å². The van der Waals surface area contributed by atoms with Crippen LogP contribution in [-0.4, -0.2) is 68.6 Å². The van der Waals surface area contributed by atoms with E-state index in [0.717, 1.165) is 0 Å². The van der Waals surface area contributed by atoms with Crippen molar-refractivity contribution in [2.75, 3.05) is 26.1 Å². The van der Waals surface area contributed by atoms with Crippen LogP contribution in [-0.2, 0) is 18.6 Å². The molecule has 0 amide bonds. The average Bonchev–Trinajstić information content (AvgIpc) is 3.14. The summed E-state index contributed by atoms with van der Waals surface area (Å²) in [4.78, 5) is 21.6. The lowest BCUT2D eigenvalue weighted by atomic mass is 10.1. The third-order valence-corrected chi connectivity index (χ3v) is 4.24. The molecule has 0 radical (unpaired) electrons. The van der Waals surface area contributed by atoms with Crippen LogP contribution in [0.3, 0.4) is 0 Å². The summed E-state index contributed by atoms with van der Waals surface area (Å²) in [5.74, 6) is 0.552. The fourth-order valence-electron chi connectivity index (χ4n) is 2.78. The van der Waals surface area contributed by atoms with E-state index in [9.17, 15) is 9.67 Å². The fraction of sp³-hybridized carbons (Fsp3) is 0.583. The zero-order valence-corrected chi connectivity index (χ0v) is 13.8. The molecule has 24 heavy (non-hydrogen) atoms. The smallest absolute Gasteiger partial charge is 0.394 e. The van der Waals surface area contributed by atoms with Gasteiger partial charge in [0.2, 0.25) is 0 Å². The van der Waals surface area contributed by atoms with Crippen molar-refractivity contribution in [3.63, 3.8) is 0 Å². The van der Waals surface area contributed by atoms with Crippen molar-refractivity contribution >= 4 is 25.2 Å². The Morgan fingerprint density at radius 3 is 2.83 bits per heavy atom. The predicted octanol–water partition coefficient (Wildman–Crippen LogP) is -0.192. The molecule has 3 N–H and O–H groups in total. The van der Waals surface area contributed by atoms with Gasteiger partial charge >= 0.3 is 8.25 Å². The zero-order valence-electron chi connectivity index (χ0n) is 12.9. The third kappa shape index (κ3) is 2.86. The third-order valence-electron chi connectivity index (χ3n) is 3.82. The number of nitrogens with zero attached hydrogens (tertiary/aromatic N) is 4. The SMILES string of the molecule is CNc1ncnc2c1ncn2[C@@H]1O[C@H](CO)C(O[P+](=O)O)C1OC. The summed E-state index contributed by atoms with van der Waals surface area (Å²) in [5, 5.41) is 12.4.